The first-order chi connectivity index (χ1) is 9.83. The molecule has 0 bridgehead atoms. The molecule has 2 N–H and O–H groups in total. The summed E-state index contributed by atoms with van der Waals surface area (Å²) < 4.78 is 0. The van der Waals surface area contributed by atoms with Crippen LogP contribution in [0.5, 0.6) is 0 Å². The van der Waals surface area contributed by atoms with Gasteiger partial charge in [0.05, 0.1) is 23.6 Å². The zero-order valence-corrected chi connectivity index (χ0v) is 12.7. The predicted molar refractivity (Wildman–Crippen MR) is 81.6 cm³/mol. The van der Waals surface area contributed by atoms with Crippen molar-refractivity contribution < 1.29 is 9.72 Å². The molecule has 8 nitrogen and oxygen atoms in total. The first kappa shape index (κ1) is 16.7. The molecular weight excluding hydrogens is 274 g/mol. The van der Waals surface area contributed by atoms with Gasteiger partial charge in [-0.05, 0) is 20.8 Å². The number of rotatable bonds is 7. The Morgan fingerprint density at radius 2 is 2.14 bits per heavy atom. The number of carbonyl (C=O) groups excluding carboxylic acids is 1. The van der Waals surface area contributed by atoms with Crippen LogP contribution in [0.25, 0.3) is 0 Å². The Labute approximate surface area is 123 Å². The molecule has 1 aromatic rings. The standard InChI is InChI=1S/C13H21N5O3/c1-5-14-11-6-10(18(20)21)7-12(16-11)17(4)8-13(19)15-9(2)3/h6-7,9H,5,8H2,1-4H3,(H,14,16)(H,15,19). The minimum atomic E-state index is -0.478. The summed E-state index contributed by atoms with van der Waals surface area (Å²) >= 11 is 0. The van der Waals surface area contributed by atoms with E-state index in [1.54, 1.807) is 11.9 Å². The number of pyridine rings is 1. The van der Waals surface area contributed by atoms with Crippen LogP contribution in [-0.4, -0.2) is 42.0 Å². The second-order valence-corrected chi connectivity index (χ2v) is 4.93. The first-order valence-corrected chi connectivity index (χ1v) is 6.74. The van der Waals surface area contributed by atoms with Crippen molar-refractivity contribution >= 4 is 23.2 Å². The topological polar surface area (TPSA) is 100 Å². The van der Waals surface area contributed by atoms with E-state index in [0.717, 1.165) is 0 Å². The van der Waals surface area contributed by atoms with Crippen LogP contribution < -0.4 is 15.5 Å². The zero-order valence-electron chi connectivity index (χ0n) is 12.7. The van der Waals surface area contributed by atoms with Gasteiger partial charge in [0.25, 0.3) is 5.69 Å². The second-order valence-electron chi connectivity index (χ2n) is 4.93. The minimum Gasteiger partial charge on any atom is -0.370 e. The maximum Gasteiger partial charge on any atom is 0.276 e. The van der Waals surface area contributed by atoms with Gasteiger partial charge in [-0.2, -0.15) is 0 Å². The lowest BCUT2D eigenvalue weighted by atomic mass is 10.3. The number of hydrogen-bond donors (Lipinski definition) is 2. The van der Waals surface area contributed by atoms with Crippen molar-refractivity contribution in [1.29, 1.82) is 0 Å². The largest absolute Gasteiger partial charge is 0.370 e. The average Bonchev–Trinajstić information content (AvgIpc) is 2.37. The minimum absolute atomic E-state index is 0.0429. The van der Waals surface area contributed by atoms with E-state index in [-0.39, 0.29) is 24.2 Å². The molecule has 116 valence electrons. The molecule has 0 aliphatic rings. The van der Waals surface area contributed by atoms with Gasteiger partial charge in [0.15, 0.2) is 0 Å². The van der Waals surface area contributed by atoms with Gasteiger partial charge < -0.3 is 15.5 Å². The molecule has 0 aromatic carbocycles. The Bertz CT molecular complexity index is 519. The molecule has 1 heterocycles. The highest BCUT2D eigenvalue weighted by molar-refractivity contribution is 5.81. The van der Waals surface area contributed by atoms with Gasteiger partial charge >= 0.3 is 0 Å². The quantitative estimate of drug-likeness (QED) is 0.582. The fourth-order valence-corrected chi connectivity index (χ4v) is 1.74. The smallest absolute Gasteiger partial charge is 0.276 e. The molecule has 0 saturated heterocycles. The van der Waals surface area contributed by atoms with Gasteiger partial charge in [-0.15, -0.1) is 0 Å². The summed E-state index contributed by atoms with van der Waals surface area (Å²) in [7, 11) is 1.67. The van der Waals surface area contributed by atoms with Crippen molar-refractivity contribution in [2.45, 2.75) is 26.8 Å². The van der Waals surface area contributed by atoms with Gasteiger partial charge in [0.1, 0.15) is 11.6 Å². The van der Waals surface area contributed by atoms with Crippen LogP contribution >= 0.6 is 0 Å². The summed E-state index contributed by atoms with van der Waals surface area (Å²) in [5.74, 6) is 0.627. The summed E-state index contributed by atoms with van der Waals surface area (Å²) in [6.07, 6.45) is 0. The van der Waals surface area contributed by atoms with Gasteiger partial charge in [-0.25, -0.2) is 4.98 Å². The number of likely N-dealkylation sites (N-methyl/N-ethyl adjacent to an activating group) is 1. The van der Waals surface area contributed by atoms with E-state index in [4.69, 9.17) is 0 Å². The number of amides is 1. The van der Waals surface area contributed by atoms with Crippen LogP contribution in [0.1, 0.15) is 20.8 Å². The fraction of sp³-hybridized carbons (Fsp3) is 0.538. The molecule has 1 aromatic heterocycles. The van der Waals surface area contributed by atoms with Gasteiger partial charge in [0, 0.05) is 19.6 Å². The van der Waals surface area contributed by atoms with Crippen LogP contribution in [-0.2, 0) is 4.79 Å². The highest BCUT2D eigenvalue weighted by atomic mass is 16.6. The van der Waals surface area contributed by atoms with E-state index >= 15 is 0 Å². The summed E-state index contributed by atoms with van der Waals surface area (Å²) in [6.45, 7) is 6.29. The molecule has 0 aliphatic carbocycles. The van der Waals surface area contributed by atoms with E-state index in [0.29, 0.717) is 18.2 Å². The Morgan fingerprint density at radius 3 is 2.67 bits per heavy atom. The van der Waals surface area contributed by atoms with Crippen LogP contribution in [0.2, 0.25) is 0 Å². The normalized spacial score (nSPS) is 10.3. The number of hydrogen-bond acceptors (Lipinski definition) is 6. The molecule has 0 radical (unpaired) electrons. The molecule has 21 heavy (non-hydrogen) atoms. The third-order valence-electron chi connectivity index (χ3n) is 2.59. The van der Waals surface area contributed by atoms with Crippen LogP contribution in [0.4, 0.5) is 17.3 Å². The van der Waals surface area contributed by atoms with Crippen molar-refractivity contribution in [2.24, 2.45) is 0 Å². The Kier molecular flexibility index (Phi) is 5.89. The molecule has 0 spiro atoms. The Hall–Kier alpha value is -2.38. The molecule has 0 aliphatic heterocycles. The van der Waals surface area contributed by atoms with Crippen LogP contribution in [0.15, 0.2) is 12.1 Å². The number of nitro groups is 1. The summed E-state index contributed by atoms with van der Waals surface area (Å²) in [4.78, 5) is 28.1. The second kappa shape index (κ2) is 7.41. The molecule has 0 atom stereocenters. The lowest BCUT2D eigenvalue weighted by molar-refractivity contribution is -0.384. The van der Waals surface area contributed by atoms with Crippen molar-refractivity contribution in [3.05, 3.63) is 22.2 Å². The number of nitrogens with zero attached hydrogens (tertiary/aromatic N) is 3. The highest BCUT2D eigenvalue weighted by Gasteiger charge is 2.15. The molecule has 0 unspecified atom stereocenters. The lowest BCUT2D eigenvalue weighted by Gasteiger charge is -2.19. The third-order valence-corrected chi connectivity index (χ3v) is 2.59. The SMILES string of the molecule is CCNc1cc([N+](=O)[O-])cc(N(C)CC(=O)NC(C)C)n1. The van der Waals surface area contributed by atoms with Gasteiger partial charge in [-0.1, -0.05) is 0 Å². The predicted octanol–water partition coefficient (Wildman–Crippen LogP) is 1.38. The average molecular weight is 295 g/mol. The third kappa shape index (κ3) is 5.25. The molecule has 8 heteroatoms. The summed E-state index contributed by atoms with van der Waals surface area (Å²) in [5.41, 5.74) is -0.0629. The van der Waals surface area contributed by atoms with Gasteiger partial charge in [-0.3, -0.25) is 14.9 Å². The van der Waals surface area contributed by atoms with Crippen LogP contribution in [0.3, 0.4) is 0 Å². The van der Waals surface area contributed by atoms with Crippen molar-refractivity contribution in [1.82, 2.24) is 10.3 Å². The number of carbonyl (C=O) groups is 1. The Morgan fingerprint density at radius 1 is 1.48 bits per heavy atom. The van der Waals surface area contributed by atoms with E-state index in [1.165, 1.54) is 12.1 Å². The Balaban J connectivity index is 2.94. The van der Waals surface area contributed by atoms with E-state index < -0.39 is 4.92 Å². The summed E-state index contributed by atoms with van der Waals surface area (Å²) in [5, 5.41) is 16.7. The van der Waals surface area contributed by atoms with E-state index in [9.17, 15) is 14.9 Å². The molecular formula is C13H21N5O3. The van der Waals surface area contributed by atoms with Crippen molar-refractivity contribution in [2.75, 3.05) is 30.4 Å². The van der Waals surface area contributed by atoms with Gasteiger partial charge in [0.2, 0.25) is 5.91 Å². The maximum absolute atomic E-state index is 11.7. The lowest BCUT2D eigenvalue weighted by Crippen LogP contribution is -2.38. The molecule has 1 rings (SSSR count). The molecule has 0 fully saturated rings. The molecule has 0 saturated carbocycles. The number of nitrogens with one attached hydrogen (secondary N) is 2. The van der Waals surface area contributed by atoms with Crippen LogP contribution in [0, 0.1) is 10.1 Å². The zero-order chi connectivity index (χ0) is 16.0. The van der Waals surface area contributed by atoms with Crippen molar-refractivity contribution in [3.63, 3.8) is 0 Å². The fourth-order valence-electron chi connectivity index (χ4n) is 1.74. The van der Waals surface area contributed by atoms with E-state index in [2.05, 4.69) is 15.6 Å². The number of anilines is 2. The number of aromatic nitrogens is 1. The van der Waals surface area contributed by atoms with Crippen molar-refractivity contribution in [3.8, 4) is 0 Å². The monoisotopic (exact) mass is 295 g/mol. The maximum atomic E-state index is 11.7. The first-order valence-electron chi connectivity index (χ1n) is 6.74. The summed E-state index contributed by atoms with van der Waals surface area (Å²) in [6, 6.07) is 2.76. The highest BCUT2D eigenvalue weighted by Crippen LogP contribution is 2.22. The molecule has 1 amide bonds. The van der Waals surface area contributed by atoms with E-state index in [1.807, 2.05) is 20.8 Å².